The molecule has 2 aromatic carbocycles. The van der Waals surface area contributed by atoms with Gasteiger partial charge in [-0.25, -0.2) is 14.4 Å². The maximum absolute atomic E-state index is 13.8. The van der Waals surface area contributed by atoms with E-state index < -0.39 is 18.1 Å². The predicted molar refractivity (Wildman–Crippen MR) is 139 cm³/mol. The van der Waals surface area contributed by atoms with Gasteiger partial charge < -0.3 is 20.1 Å². The van der Waals surface area contributed by atoms with E-state index in [-0.39, 0.29) is 11.1 Å². The summed E-state index contributed by atoms with van der Waals surface area (Å²) in [6.45, 7) is 3.38. The summed E-state index contributed by atoms with van der Waals surface area (Å²) in [7, 11) is 0. The molecule has 1 aliphatic rings. The van der Waals surface area contributed by atoms with Crippen LogP contribution in [0.3, 0.4) is 0 Å². The monoisotopic (exact) mass is 512 g/mol. The Morgan fingerprint density at radius 3 is 2.66 bits per heavy atom. The first-order valence-electron chi connectivity index (χ1n) is 11.6. The van der Waals surface area contributed by atoms with E-state index in [9.17, 15) is 9.50 Å². The Labute approximate surface area is 212 Å². The van der Waals surface area contributed by atoms with Crippen LogP contribution in [0.2, 0.25) is 5.02 Å². The van der Waals surface area contributed by atoms with Crippen molar-refractivity contribution in [1.82, 2.24) is 15.3 Å². The molecule has 182 valence electrons. The summed E-state index contributed by atoms with van der Waals surface area (Å²) in [4.78, 5) is 12.2. The fourth-order valence-electron chi connectivity index (χ4n) is 4.55. The number of aliphatic hydroxyl groups excluding tert-OH is 1. The second-order valence-corrected chi connectivity index (χ2v) is 9.87. The van der Waals surface area contributed by atoms with Crippen molar-refractivity contribution in [2.75, 3.05) is 18.0 Å². The van der Waals surface area contributed by atoms with Crippen LogP contribution in [0.5, 0.6) is 5.75 Å². The van der Waals surface area contributed by atoms with Crippen LogP contribution < -0.4 is 15.0 Å². The number of piperidine rings is 1. The molecule has 6 nitrogen and oxygen atoms in total. The maximum atomic E-state index is 13.8. The van der Waals surface area contributed by atoms with Gasteiger partial charge in [0.25, 0.3) is 0 Å². The average Bonchev–Trinajstić information content (AvgIpc) is 3.32. The predicted octanol–water partition coefficient (Wildman–Crippen LogP) is 5.50. The molecule has 1 fully saturated rings. The van der Waals surface area contributed by atoms with Gasteiger partial charge in [-0.1, -0.05) is 41.9 Å². The topological polar surface area (TPSA) is 70.5 Å². The van der Waals surface area contributed by atoms with E-state index >= 15 is 0 Å². The summed E-state index contributed by atoms with van der Waals surface area (Å²) < 4.78 is 20.1. The van der Waals surface area contributed by atoms with Crippen molar-refractivity contribution in [2.24, 2.45) is 0 Å². The molecule has 0 radical (unpaired) electrons. The summed E-state index contributed by atoms with van der Waals surface area (Å²) >= 11 is 7.58. The van der Waals surface area contributed by atoms with Crippen molar-refractivity contribution in [3.8, 4) is 16.9 Å². The summed E-state index contributed by atoms with van der Waals surface area (Å²) in [5.74, 6) is 0.562. The number of rotatable bonds is 7. The van der Waals surface area contributed by atoms with Crippen molar-refractivity contribution in [2.45, 2.75) is 38.1 Å². The Bertz CT molecular complexity index is 1300. The Morgan fingerprint density at radius 1 is 1.17 bits per heavy atom. The van der Waals surface area contributed by atoms with E-state index in [1.54, 1.807) is 24.6 Å². The number of aliphatic hydroxyl groups is 1. The second kappa shape index (κ2) is 10.5. The standard InChI is InChI=1S/C26H26ClFN4O2S/c1-16(33)26(34-19-7-8-22(28)21(27)13-19)32(18-9-11-29-12-10-18)24-23-20(17-5-3-2-4-6-17)14-35-25(23)31-15-30-24/h2-8,13-16,18,26,29,33H,9-12H2,1H3. The number of hydrogen-bond acceptors (Lipinski definition) is 7. The average molecular weight is 513 g/mol. The van der Waals surface area contributed by atoms with Crippen LogP contribution in [-0.4, -0.2) is 46.5 Å². The van der Waals surface area contributed by atoms with Gasteiger partial charge in [0.15, 0.2) is 6.23 Å². The van der Waals surface area contributed by atoms with E-state index in [0.29, 0.717) is 11.6 Å². The van der Waals surface area contributed by atoms with Crippen LogP contribution >= 0.6 is 22.9 Å². The summed E-state index contributed by atoms with van der Waals surface area (Å²) in [6, 6.07) is 14.4. The molecule has 4 aromatic rings. The third kappa shape index (κ3) is 4.97. The highest BCUT2D eigenvalue weighted by atomic mass is 35.5. The number of aromatic nitrogens is 2. The first kappa shape index (κ1) is 23.9. The highest BCUT2D eigenvalue weighted by Crippen LogP contribution is 2.40. The lowest BCUT2D eigenvalue weighted by Crippen LogP contribution is -2.55. The molecule has 0 spiro atoms. The molecular formula is C26H26ClFN4O2S. The van der Waals surface area contributed by atoms with Crippen molar-refractivity contribution in [3.05, 3.63) is 71.1 Å². The number of ether oxygens (including phenoxy) is 1. The molecule has 0 saturated carbocycles. The SMILES string of the molecule is CC(O)C(Oc1ccc(F)c(Cl)c1)N(c1ncnc2scc(-c3ccccc3)c12)C1CCNCC1. The number of nitrogens with zero attached hydrogens (tertiary/aromatic N) is 3. The molecule has 2 unspecified atom stereocenters. The molecule has 3 heterocycles. The molecule has 0 bridgehead atoms. The fourth-order valence-corrected chi connectivity index (χ4v) is 5.63. The quantitative estimate of drug-likeness (QED) is 0.319. The maximum Gasteiger partial charge on any atom is 0.199 e. The zero-order valence-corrected chi connectivity index (χ0v) is 20.8. The number of benzene rings is 2. The number of fused-ring (bicyclic) bond motifs is 1. The van der Waals surface area contributed by atoms with Gasteiger partial charge in [-0.15, -0.1) is 11.3 Å². The normalized spacial score (nSPS) is 16.2. The molecule has 9 heteroatoms. The van der Waals surface area contributed by atoms with Crippen molar-refractivity contribution < 1.29 is 14.2 Å². The first-order chi connectivity index (χ1) is 17.0. The number of thiophene rings is 1. The molecule has 0 amide bonds. The summed E-state index contributed by atoms with van der Waals surface area (Å²) in [6.07, 6.45) is 1.61. The molecule has 2 aromatic heterocycles. The van der Waals surface area contributed by atoms with Gasteiger partial charge in [-0.3, -0.25) is 0 Å². The molecule has 0 aliphatic carbocycles. The fraction of sp³-hybridized carbons (Fsp3) is 0.308. The minimum Gasteiger partial charge on any atom is -0.468 e. The van der Waals surface area contributed by atoms with Crippen LogP contribution in [0.4, 0.5) is 10.2 Å². The zero-order chi connectivity index (χ0) is 24.4. The molecule has 1 aliphatic heterocycles. The first-order valence-corrected chi connectivity index (χ1v) is 12.8. The lowest BCUT2D eigenvalue weighted by atomic mass is 10.0. The highest BCUT2D eigenvalue weighted by molar-refractivity contribution is 7.17. The van der Waals surface area contributed by atoms with E-state index in [0.717, 1.165) is 47.3 Å². The highest BCUT2D eigenvalue weighted by Gasteiger charge is 2.35. The van der Waals surface area contributed by atoms with E-state index in [1.165, 1.54) is 18.2 Å². The minimum absolute atomic E-state index is 0.0334. The second-order valence-electron chi connectivity index (χ2n) is 8.61. The minimum atomic E-state index is -0.877. The number of halogens is 2. The Morgan fingerprint density at radius 2 is 1.94 bits per heavy atom. The van der Waals surface area contributed by atoms with Gasteiger partial charge in [0, 0.05) is 23.1 Å². The van der Waals surface area contributed by atoms with Crippen molar-refractivity contribution in [1.29, 1.82) is 0 Å². The molecule has 2 atom stereocenters. The van der Waals surface area contributed by atoms with Crippen LogP contribution in [0, 0.1) is 5.82 Å². The Hall–Kier alpha value is -2.78. The molecule has 2 N–H and O–H groups in total. The van der Waals surface area contributed by atoms with Gasteiger partial charge >= 0.3 is 0 Å². The van der Waals surface area contributed by atoms with Gasteiger partial charge in [0.2, 0.25) is 0 Å². The van der Waals surface area contributed by atoms with Crippen LogP contribution in [0.15, 0.2) is 60.2 Å². The van der Waals surface area contributed by atoms with Crippen molar-refractivity contribution >= 4 is 39.0 Å². The number of anilines is 1. The molecule has 5 rings (SSSR count). The third-order valence-electron chi connectivity index (χ3n) is 6.22. The zero-order valence-electron chi connectivity index (χ0n) is 19.2. The Kier molecular flexibility index (Phi) is 7.15. The number of nitrogens with one attached hydrogen (secondary N) is 1. The van der Waals surface area contributed by atoms with Crippen molar-refractivity contribution in [3.63, 3.8) is 0 Å². The Balaban J connectivity index is 1.65. The summed E-state index contributed by atoms with van der Waals surface area (Å²) in [5, 5.41) is 17.3. The van der Waals surface area contributed by atoms with Gasteiger partial charge in [-0.2, -0.15) is 0 Å². The van der Waals surface area contributed by atoms with Gasteiger partial charge in [0.05, 0.1) is 10.4 Å². The van der Waals surface area contributed by atoms with Crippen LogP contribution in [-0.2, 0) is 0 Å². The smallest absolute Gasteiger partial charge is 0.199 e. The number of hydrogen-bond donors (Lipinski definition) is 2. The molecule has 1 saturated heterocycles. The molecular weight excluding hydrogens is 487 g/mol. The molecule has 35 heavy (non-hydrogen) atoms. The largest absolute Gasteiger partial charge is 0.468 e. The third-order valence-corrected chi connectivity index (χ3v) is 7.39. The lowest BCUT2D eigenvalue weighted by Gasteiger charge is -2.42. The van der Waals surface area contributed by atoms with E-state index in [2.05, 4.69) is 32.7 Å². The van der Waals surface area contributed by atoms with E-state index in [4.69, 9.17) is 21.3 Å². The lowest BCUT2D eigenvalue weighted by molar-refractivity contribution is 0.0386. The van der Waals surface area contributed by atoms with Crippen LogP contribution in [0.25, 0.3) is 21.3 Å². The summed E-state index contributed by atoms with van der Waals surface area (Å²) in [5.41, 5.74) is 2.11. The van der Waals surface area contributed by atoms with Gasteiger partial charge in [-0.05, 0) is 50.6 Å². The van der Waals surface area contributed by atoms with Crippen LogP contribution in [0.1, 0.15) is 19.8 Å². The van der Waals surface area contributed by atoms with E-state index in [1.807, 2.05) is 18.2 Å². The van der Waals surface area contributed by atoms with Gasteiger partial charge in [0.1, 0.15) is 34.6 Å².